The molecule has 2 aromatic rings. The molecule has 0 aliphatic carbocycles. The lowest BCUT2D eigenvalue weighted by Gasteiger charge is -2.14. The Balaban J connectivity index is 2.24. The van der Waals surface area contributed by atoms with E-state index < -0.39 is 0 Å². The van der Waals surface area contributed by atoms with Gasteiger partial charge in [0.25, 0.3) is 0 Å². The van der Waals surface area contributed by atoms with Crippen molar-refractivity contribution in [2.24, 2.45) is 0 Å². The summed E-state index contributed by atoms with van der Waals surface area (Å²) in [7, 11) is 0. The summed E-state index contributed by atoms with van der Waals surface area (Å²) in [6, 6.07) is 7.43. The molecule has 0 aliphatic heterocycles. The van der Waals surface area contributed by atoms with E-state index in [0.29, 0.717) is 10.6 Å². The molecular formula is C12H10ClN3S. The maximum Gasteiger partial charge on any atom is 0.101 e. The lowest BCUT2D eigenvalue weighted by molar-refractivity contribution is 0.903. The van der Waals surface area contributed by atoms with Gasteiger partial charge >= 0.3 is 0 Å². The van der Waals surface area contributed by atoms with E-state index in [-0.39, 0.29) is 6.04 Å². The van der Waals surface area contributed by atoms with Crippen molar-refractivity contribution in [1.29, 1.82) is 5.26 Å². The maximum atomic E-state index is 9.01. The van der Waals surface area contributed by atoms with Crippen LogP contribution in [0.4, 0.5) is 5.69 Å². The minimum atomic E-state index is 0.105. The summed E-state index contributed by atoms with van der Waals surface area (Å²) in [6.07, 6.45) is 1.82. The van der Waals surface area contributed by atoms with Gasteiger partial charge in [-0.1, -0.05) is 11.6 Å². The second-order valence-electron chi connectivity index (χ2n) is 3.57. The van der Waals surface area contributed by atoms with Crippen LogP contribution in [-0.4, -0.2) is 4.98 Å². The molecule has 5 heteroatoms. The van der Waals surface area contributed by atoms with Crippen LogP contribution < -0.4 is 5.32 Å². The normalized spacial score (nSPS) is 11.8. The van der Waals surface area contributed by atoms with Crippen molar-refractivity contribution in [3.8, 4) is 6.07 Å². The average Bonchev–Trinajstić information content (AvgIpc) is 2.83. The second kappa shape index (κ2) is 5.17. The molecule has 0 saturated carbocycles. The van der Waals surface area contributed by atoms with Gasteiger partial charge in [0.1, 0.15) is 6.07 Å². The second-order valence-corrected chi connectivity index (χ2v) is 4.93. The third kappa shape index (κ3) is 2.76. The molecule has 0 radical (unpaired) electrons. The number of halogens is 1. The Labute approximate surface area is 109 Å². The van der Waals surface area contributed by atoms with Crippen molar-refractivity contribution in [1.82, 2.24) is 4.98 Å². The number of nitrogens with one attached hydrogen (secondary N) is 1. The van der Waals surface area contributed by atoms with E-state index in [0.717, 1.165) is 10.6 Å². The van der Waals surface area contributed by atoms with Gasteiger partial charge in [-0.25, -0.2) is 0 Å². The molecule has 1 aromatic carbocycles. The zero-order chi connectivity index (χ0) is 12.3. The predicted octanol–water partition coefficient (Wildman–Crippen LogP) is 3.84. The molecule has 1 unspecified atom stereocenters. The zero-order valence-electron chi connectivity index (χ0n) is 9.14. The fraction of sp³-hybridized carbons (Fsp3) is 0.167. The maximum absolute atomic E-state index is 9.01. The van der Waals surface area contributed by atoms with Gasteiger partial charge in [0.05, 0.1) is 22.8 Å². The van der Waals surface area contributed by atoms with Crippen molar-refractivity contribution in [3.63, 3.8) is 0 Å². The van der Waals surface area contributed by atoms with E-state index in [1.807, 2.05) is 13.1 Å². The highest BCUT2D eigenvalue weighted by molar-refractivity contribution is 7.09. The van der Waals surface area contributed by atoms with E-state index in [1.54, 1.807) is 35.0 Å². The third-order valence-electron chi connectivity index (χ3n) is 2.35. The summed E-state index contributed by atoms with van der Waals surface area (Å²) in [5, 5.41) is 12.9. The molecule has 3 nitrogen and oxygen atoms in total. The Morgan fingerprint density at radius 1 is 1.53 bits per heavy atom. The molecule has 0 fully saturated rings. The fourth-order valence-electron chi connectivity index (χ4n) is 1.48. The summed E-state index contributed by atoms with van der Waals surface area (Å²) < 4.78 is 0. The molecule has 1 atom stereocenters. The van der Waals surface area contributed by atoms with Crippen LogP contribution in [0.1, 0.15) is 23.4 Å². The predicted molar refractivity (Wildman–Crippen MR) is 70.3 cm³/mol. The summed E-state index contributed by atoms with van der Waals surface area (Å²) >= 11 is 7.50. The highest BCUT2D eigenvalue weighted by atomic mass is 35.5. The van der Waals surface area contributed by atoms with E-state index in [1.165, 1.54) is 0 Å². The minimum absolute atomic E-state index is 0.105. The first kappa shape index (κ1) is 11.9. The topological polar surface area (TPSA) is 48.7 Å². The molecule has 1 heterocycles. The number of hydrogen-bond acceptors (Lipinski definition) is 4. The molecular weight excluding hydrogens is 254 g/mol. The fourth-order valence-corrected chi connectivity index (χ4v) is 2.28. The largest absolute Gasteiger partial charge is 0.377 e. The first-order valence-corrected chi connectivity index (χ1v) is 6.31. The molecule has 0 spiro atoms. The summed E-state index contributed by atoms with van der Waals surface area (Å²) in [5.74, 6) is 0. The van der Waals surface area contributed by atoms with Crippen LogP contribution >= 0.6 is 22.9 Å². The highest BCUT2D eigenvalue weighted by Crippen LogP contribution is 2.26. The SMILES string of the molecule is CC(Nc1cc(Cl)ccc1C#N)c1cncs1. The quantitative estimate of drug-likeness (QED) is 0.915. The first-order valence-electron chi connectivity index (χ1n) is 5.05. The molecule has 0 amide bonds. The Morgan fingerprint density at radius 3 is 3.00 bits per heavy atom. The molecule has 0 saturated heterocycles. The van der Waals surface area contributed by atoms with Crippen LogP contribution in [0.2, 0.25) is 5.02 Å². The number of rotatable bonds is 3. The third-order valence-corrected chi connectivity index (χ3v) is 3.55. The number of hydrogen-bond donors (Lipinski definition) is 1. The van der Waals surface area contributed by atoms with Gasteiger partial charge in [0.2, 0.25) is 0 Å². The van der Waals surface area contributed by atoms with Crippen LogP contribution in [-0.2, 0) is 0 Å². The molecule has 17 heavy (non-hydrogen) atoms. The number of nitriles is 1. The molecule has 1 N–H and O–H groups in total. The number of nitrogens with zero attached hydrogens (tertiary/aromatic N) is 2. The molecule has 0 aliphatic rings. The van der Waals surface area contributed by atoms with Crippen molar-refractivity contribution in [3.05, 3.63) is 45.4 Å². The minimum Gasteiger partial charge on any atom is -0.377 e. The standard InChI is InChI=1S/C12H10ClN3S/c1-8(12-6-15-7-17-12)16-11-4-10(13)3-2-9(11)5-14/h2-4,6-8,16H,1H3. The van der Waals surface area contributed by atoms with Crippen molar-refractivity contribution >= 4 is 28.6 Å². The van der Waals surface area contributed by atoms with Gasteiger partial charge in [-0.2, -0.15) is 5.26 Å². The van der Waals surface area contributed by atoms with E-state index >= 15 is 0 Å². The average molecular weight is 264 g/mol. The zero-order valence-corrected chi connectivity index (χ0v) is 10.7. The Hall–Kier alpha value is -1.57. The smallest absolute Gasteiger partial charge is 0.101 e. The molecule has 1 aromatic heterocycles. The monoisotopic (exact) mass is 263 g/mol. The van der Waals surface area contributed by atoms with Crippen molar-refractivity contribution in [2.45, 2.75) is 13.0 Å². The summed E-state index contributed by atoms with van der Waals surface area (Å²) in [4.78, 5) is 5.15. The number of thiazole rings is 1. The van der Waals surface area contributed by atoms with Crippen LogP contribution in [0.15, 0.2) is 29.9 Å². The molecule has 2 rings (SSSR count). The number of benzene rings is 1. The van der Waals surface area contributed by atoms with E-state index in [2.05, 4.69) is 16.4 Å². The molecule has 0 bridgehead atoms. The summed E-state index contributed by atoms with van der Waals surface area (Å²) in [5.41, 5.74) is 3.13. The first-order chi connectivity index (χ1) is 8.20. The van der Waals surface area contributed by atoms with E-state index in [4.69, 9.17) is 16.9 Å². The van der Waals surface area contributed by atoms with Gasteiger partial charge in [0.15, 0.2) is 0 Å². The van der Waals surface area contributed by atoms with E-state index in [9.17, 15) is 0 Å². The van der Waals surface area contributed by atoms with Crippen LogP contribution in [0.5, 0.6) is 0 Å². The lowest BCUT2D eigenvalue weighted by atomic mass is 10.1. The van der Waals surface area contributed by atoms with Gasteiger partial charge < -0.3 is 5.32 Å². The number of anilines is 1. The van der Waals surface area contributed by atoms with Crippen molar-refractivity contribution in [2.75, 3.05) is 5.32 Å². The lowest BCUT2D eigenvalue weighted by Crippen LogP contribution is -2.06. The van der Waals surface area contributed by atoms with Gasteiger partial charge in [-0.15, -0.1) is 11.3 Å². The Morgan fingerprint density at radius 2 is 2.35 bits per heavy atom. The Kier molecular flexibility index (Phi) is 3.62. The summed E-state index contributed by atoms with van der Waals surface area (Å²) in [6.45, 7) is 2.02. The van der Waals surface area contributed by atoms with Gasteiger partial charge in [0, 0.05) is 16.1 Å². The Bertz CT molecular complexity index is 545. The van der Waals surface area contributed by atoms with Crippen LogP contribution in [0, 0.1) is 11.3 Å². The van der Waals surface area contributed by atoms with Gasteiger partial charge in [-0.3, -0.25) is 4.98 Å². The van der Waals surface area contributed by atoms with Crippen LogP contribution in [0.3, 0.4) is 0 Å². The molecule has 86 valence electrons. The van der Waals surface area contributed by atoms with Crippen molar-refractivity contribution < 1.29 is 0 Å². The van der Waals surface area contributed by atoms with Gasteiger partial charge in [-0.05, 0) is 25.1 Å². The van der Waals surface area contributed by atoms with Crippen LogP contribution in [0.25, 0.3) is 0 Å². The number of aromatic nitrogens is 1. The highest BCUT2D eigenvalue weighted by Gasteiger charge is 2.10.